The first-order valence-electron chi connectivity index (χ1n) is 13.0. The lowest BCUT2D eigenvalue weighted by Gasteiger charge is -2.49. The molecular weight excluding hydrogens is 430 g/mol. The summed E-state index contributed by atoms with van der Waals surface area (Å²) in [5, 5.41) is 11.1. The maximum atomic E-state index is 11.1. The van der Waals surface area contributed by atoms with Gasteiger partial charge in [0.2, 0.25) is 0 Å². The smallest absolute Gasteiger partial charge is 0.170 e. The zero-order valence-corrected chi connectivity index (χ0v) is 22.5. The maximum Gasteiger partial charge on any atom is 0.170 e. The van der Waals surface area contributed by atoms with Gasteiger partial charge in [-0.25, -0.2) is 0 Å². The Hall–Kier alpha value is -0.763. The summed E-state index contributed by atoms with van der Waals surface area (Å²) in [6.07, 6.45) is 4.27. The molecular formula is C27H45NO4Si. The normalized spacial score (nSPS) is 34.9. The molecule has 2 aliphatic heterocycles. The van der Waals surface area contributed by atoms with Crippen LogP contribution in [0.4, 0.5) is 0 Å². The highest BCUT2D eigenvalue weighted by Gasteiger charge is 2.83. The van der Waals surface area contributed by atoms with Gasteiger partial charge < -0.3 is 19.0 Å². The second-order valence-electron chi connectivity index (χ2n) is 11.7. The summed E-state index contributed by atoms with van der Waals surface area (Å²) < 4.78 is 18.7. The molecule has 0 aromatic heterocycles. The van der Waals surface area contributed by atoms with Crippen LogP contribution in [-0.2, 0) is 20.4 Å². The lowest BCUT2D eigenvalue weighted by molar-refractivity contribution is -0.167. The van der Waals surface area contributed by atoms with E-state index in [2.05, 4.69) is 69.1 Å². The average Bonchev–Trinajstić information content (AvgIpc) is 3.42. The molecule has 1 aromatic carbocycles. The first kappa shape index (κ1) is 25.3. The van der Waals surface area contributed by atoms with Crippen LogP contribution in [0.1, 0.15) is 52.0 Å². The predicted octanol–water partition coefficient (Wildman–Crippen LogP) is 4.45. The van der Waals surface area contributed by atoms with Crippen molar-refractivity contribution in [3.63, 3.8) is 0 Å². The van der Waals surface area contributed by atoms with E-state index in [0.717, 1.165) is 39.0 Å². The first-order valence-corrected chi connectivity index (χ1v) is 15.8. The number of fused-ring (bicyclic) bond motifs is 1. The third-order valence-corrected chi connectivity index (χ3v) is 9.65. The average molecular weight is 476 g/mol. The van der Waals surface area contributed by atoms with Crippen LogP contribution >= 0.6 is 0 Å². The minimum Gasteiger partial charge on any atom is -0.419 e. The Morgan fingerprint density at radius 1 is 1.15 bits per heavy atom. The number of piperidine rings is 1. The minimum absolute atomic E-state index is 0.0448. The van der Waals surface area contributed by atoms with Crippen LogP contribution in [0.5, 0.6) is 0 Å². The van der Waals surface area contributed by atoms with Gasteiger partial charge >= 0.3 is 0 Å². The number of hydrogen-bond acceptors (Lipinski definition) is 5. The summed E-state index contributed by atoms with van der Waals surface area (Å²) in [6, 6.07) is 10.9. The molecule has 6 heteroatoms. The molecule has 4 rings (SSSR count). The Morgan fingerprint density at radius 2 is 1.91 bits per heavy atom. The summed E-state index contributed by atoms with van der Waals surface area (Å²) in [5.74, 6) is 0.309. The van der Waals surface area contributed by atoms with Crippen molar-refractivity contribution in [1.82, 2.24) is 4.90 Å². The van der Waals surface area contributed by atoms with Gasteiger partial charge in [0.05, 0.1) is 13.2 Å². The largest absolute Gasteiger partial charge is 0.419 e. The van der Waals surface area contributed by atoms with Crippen LogP contribution in [0.2, 0.25) is 13.1 Å². The Balaban J connectivity index is 1.63. The van der Waals surface area contributed by atoms with Gasteiger partial charge in [0.25, 0.3) is 0 Å². The molecule has 1 aromatic rings. The Labute approximate surface area is 202 Å². The number of nitrogens with zero attached hydrogens (tertiary/aromatic N) is 1. The molecule has 3 aliphatic rings. The van der Waals surface area contributed by atoms with Crippen molar-refractivity contribution in [2.24, 2.45) is 22.2 Å². The molecule has 0 amide bonds. The molecule has 5 unspecified atom stereocenters. The topological polar surface area (TPSA) is 51.2 Å². The Bertz CT molecular complexity index is 763. The van der Waals surface area contributed by atoms with Crippen molar-refractivity contribution in [2.45, 2.75) is 78.4 Å². The highest BCUT2D eigenvalue weighted by atomic mass is 28.3. The van der Waals surface area contributed by atoms with Gasteiger partial charge in [-0.05, 0) is 67.6 Å². The Morgan fingerprint density at radius 3 is 2.52 bits per heavy atom. The van der Waals surface area contributed by atoms with Gasteiger partial charge in [0.1, 0.15) is 0 Å². The van der Waals surface area contributed by atoms with Crippen molar-refractivity contribution in [2.75, 3.05) is 33.0 Å². The van der Waals surface area contributed by atoms with E-state index in [4.69, 9.17) is 13.9 Å². The second-order valence-corrected chi connectivity index (χ2v) is 14.1. The molecule has 2 saturated heterocycles. The van der Waals surface area contributed by atoms with Crippen molar-refractivity contribution in [1.29, 1.82) is 0 Å². The number of hydrogen-bond donors (Lipinski definition) is 1. The fourth-order valence-electron chi connectivity index (χ4n) is 7.29. The van der Waals surface area contributed by atoms with Gasteiger partial charge in [-0.3, -0.25) is 4.90 Å². The summed E-state index contributed by atoms with van der Waals surface area (Å²) in [7, 11) is -1.19. The van der Waals surface area contributed by atoms with Gasteiger partial charge in [0.15, 0.2) is 15.3 Å². The van der Waals surface area contributed by atoms with Gasteiger partial charge in [0, 0.05) is 31.2 Å². The zero-order chi connectivity index (χ0) is 23.7. The van der Waals surface area contributed by atoms with Crippen LogP contribution in [0.3, 0.4) is 0 Å². The lowest BCUT2D eigenvalue weighted by atomic mass is 9.66. The molecule has 0 spiro atoms. The van der Waals surface area contributed by atoms with Crippen LogP contribution in [0.15, 0.2) is 30.3 Å². The summed E-state index contributed by atoms with van der Waals surface area (Å²) in [5.41, 5.74) is 1.23. The SMILES string of the molecule is C[SiH](C)OCC1N(Cc2ccccc2)CCC2(C(C)(C)C)C(COC3CCCCO3)C12CO. The number of ether oxygens (including phenoxy) is 2. The minimum atomic E-state index is -1.19. The molecule has 1 saturated carbocycles. The number of benzene rings is 1. The summed E-state index contributed by atoms with van der Waals surface area (Å²) in [6.45, 7) is 15.8. The second kappa shape index (κ2) is 10.1. The van der Waals surface area contributed by atoms with E-state index in [-0.39, 0.29) is 35.2 Å². The molecule has 1 N–H and O–H groups in total. The molecule has 2 heterocycles. The van der Waals surface area contributed by atoms with Crippen molar-refractivity contribution in [3.05, 3.63) is 35.9 Å². The van der Waals surface area contributed by atoms with Crippen molar-refractivity contribution in [3.8, 4) is 0 Å². The fraction of sp³-hybridized carbons (Fsp3) is 0.778. The highest BCUT2D eigenvalue weighted by molar-refractivity contribution is 6.48. The van der Waals surface area contributed by atoms with E-state index in [1.54, 1.807) is 0 Å². The fourth-order valence-corrected chi connectivity index (χ4v) is 7.86. The van der Waals surface area contributed by atoms with Crippen LogP contribution in [0, 0.1) is 22.2 Å². The molecule has 33 heavy (non-hydrogen) atoms. The molecule has 5 atom stereocenters. The van der Waals surface area contributed by atoms with Crippen LogP contribution in [0.25, 0.3) is 0 Å². The molecule has 5 nitrogen and oxygen atoms in total. The van der Waals surface area contributed by atoms with Gasteiger partial charge in [-0.1, -0.05) is 51.1 Å². The van der Waals surface area contributed by atoms with E-state index in [1.807, 2.05) is 0 Å². The van der Waals surface area contributed by atoms with Gasteiger partial charge in [-0.2, -0.15) is 0 Å². The van der Waals surface area contributed by atoms with E-state index in [9.17, 15) is 5.11 Å². The highest BCUT2D eigenvalue weighted by Crippen LogP contribution is 2.81. The molecule has 186 valence electrons. The van der Waals surface area contributed by atoms with E-state index in [0.29, 0.717) is 19.1 Å². The molecule has 1 aliphatic carbocycles. The predicted molar refractivity (Wildman–Crippen MR) is 135 cm³/mol. The van der Waals surface area contributed by atoms with Gasteiger partial charge in [-0.15, -0.1) is 0 Å². The maximum absolute atomic E-state index is 11.1. The molecule has 0 radical (unpaired) electrons. The molecule has 3 fully saturated rings. The number of likely N-dealkylation sites (tertiary alicyclic amines) is 1. The first-order chi connectivity index (χ1) is 15.8. The van der Waals surface area contributed by atoms with Crippen LogP contribution < -0.4 is 0 Å². The summed E-state index contributed by atoms with van der Waals surface area (Å²) >= 11 is 0. The van der Waals surface area contributed by atoms with E-state index in [1.165, 1.54) is 12.0 Å². The number of aliphatic hydroxyl groups is 1. The number of rotatable bonds is 9. The van der Waals surface area contributed by atoms with Crippen LogP contribution in [-0.4, -0.2) is 64.4 Å². The Kier molecular flexibility index (Phi) is 7.74. The van der Waals surface area contributed by atoms with E-state index >= 15 is 0 Å². The van der Waals surface area contributed by atoms with Crippen molar-refractivity contribution >= 4 is 9.04 Å². The monoisotopic (exact) mass is 475 g/mol. The number of aliphatic hydroxyl groups excluding tert-OH is 1. The third kappa shape index (κ3) is 4.59. The molecule has 0 bridgehead atoms. The zero-order valence-electron chi connectivity index (χ0n) is 21.4. The third-order valence-electron chi connectivity index (χ3n) is 8.80. The van der Waals surface area contributed by atoms with Crippen molar-refractivity contribution < 1.29 is 19.0 Å². The summed E-state index contributed by atoms with van der Waals surface area (Å²) in [4.78, 5) is 2.59. The quantitative estimate of drug-likeness (QED) is 0.535. The van der Waals surface area contributed by atoms with E-state index < -0.39 is 9.04 Å². The standard InChI is InChI=1S/C27H45NO4Si/c1-25(2,3)27-14-15-28(17-21-11-7-6-8-12-21)23(19-32-33(4)5)26(27,20-29)22(27)18-31-24-13-9-10-16-30-24/h6-8,11-12,22-24,29,33H,9-10,13-20H2,1-5H3. The lowest BCUT2D eigenvalue weighted by Crippen LogP contribution is -2.55.